The highest BCUT2D eigenvalue weighted by molar-refractivity contribution is 6.42. The molecule has 0 saturated heterocycles. The molecule has 0 aromatic heterocycles. The van der Waals surface area contributed by atoms with E-state index in [9.17, 15) is 0 Å². The average molecular weight is 248 g/mol. The molecule has 0 saturated carbocycles. The molecule has 0 bridgehead atoms. The van der Waals surface area contributed by atoms with Gasteiger partial charge in [-0.1, -0.05) is 29.3 Å². The molecule has 0 aliphatic carbocycles. The summed E-state index contributed by atoms with van der Waals surface area (Å²) in [6, 6.07) is 5.54. The van der Waals surface area contributed by atoms with Crippen LogP contribution in [0.15, 0.2) is 18.2 Å². The second-order valence-electron chi connectivity index (χ2n) is 3.38. The predicted octanol–water partition coefficient (Wildman–Crippen LogP) is 1.37. The van der Waals surface area contributed by atoms with Crippen molar-refractivity contribution in [3.8, 4) is 0 Å². The van der Waals surface area contributed by atoms with Gasteiger partial charge in [-0.25, -0.2) is 0 Å². The molecular weight excluding hydrogens is 233 g/mol. The van der Waals surface area contributed by atoms with Crippen molar-refractivity contribution >= 4 is 23.2 Å². The van der Waals surface area contributed by atoms with Crippen LogP contribution in [-0.4, -0.2) is 19.1 Å². The summed E-state index contributed by atoms with van der Waals surface area (Å²) in [5.74, 6) is 0. The zero-order chi connectivity index (χ0) is 11.3. The van der Waals surface area contributed by atoms with E-state index in [4.69, 9.17) is 34.7 Å². The van der Waals surface area contributed by atoms with Crippen LogP contribution < -0.4 is 16.8 Å². The molecule has 0 aliphatic rings. The van der Waals surface area contributed by atoms with E-state index in [-0.39, 0.29) is 6.04 Å². The van der Waals surface area contributed by atoms with Crippen LogP contribution in [0.5, 0.6) is 0 Å². The van der Waals surface area contributed by atoms with Gasteiger partial charge in [-0.05, 0) is 17.7 Å². The Hall–Kier alpha value is -0.320. The second kappa shape index (κ2) is 6.30. The fraction of sp³-hybridized carbons (Fsp3) is 0.400. The molecular formula is C10H15Cl2N3. The minimum Gasteiger partial charge on any atom is -0.329 e. The maximum absolute atomic E-state index is 5.88. The first-order valence-corrected chi connectivity index (χ1v) is 5.49. The highest BCUT2D eigenvalue weighted by Gasteiger charge is 2.01. The summed E-state index contributed by atoms with van der Waals surface area (Å²) in [5.41, 5.74) is 12.1. The van der Waals surface area contributed by atoms with Gasteiger partial charge in [0, 0.05) is 25.7 Å². The molecule has 1 aromatic carbocycles. The quantitative estimate of drug-likeness (QED) is 0.737. The highest BCUT2D eigenvalue weighted by Crippen LogP contribution is 2.22. The van der Waals surface area contributed by atoms with E-state index in [0.717, 1.165) is 5.56 Å². The summed E-state index contributed by atoms with van der Waals surface area (Å²) >= 11 is 11.7. The normalized spacial score (nSPS) is 12.8. The van der Waals surface area contributed by atoms with E-state index in [1.54, 1.807) is 6.07 Å². The van der Waals surface area contributed by atoms with Crippen LogP contribution in [-0.2, 0) is 6.54 Å². The maximum Gasteiger partial charge on any atom is 0.0595 e. The molecule has 0 heterocycles. The summed E-state index contributed by atoms with van der Waals surface area (Å²) in [7, 11) is 0. The molecule has 5 N–H and O–H groups in total. The van der Waals surface area contributed by atoms with Crippen LogP contribution >= 0.6 is 23.2 Å². The van der Waals surface area contributed by atoms with Gasteiger partial charge in [0.25, 0.3) is 0 Å². The summed E-state index contributed by atoms with van der Waals surface area (Å²) in [5, 5.41) is 4.33. The zero-order valence-electron chi connectivity index (χ0n) is 8.34. The standard InChI is InChI=1S/C10H15Cl2N3/c11-9-2-1-7(3-10(9)12)5-15-6-8(14)4-13/h1-3,8,15H,4-6,13-14H2. The molecule has 5 heteroatoms. The Morgan fingerprint density at radius 3 is 2.60 bits per heavy atom. The van der Waals surface area contributed by atoms with Gasteiger partial charge in [-0.2, -0.15) is 0 Å². The minimum atomic E-state index is -0.00669. The third kappa shape index (κ3) is 4.36. The van der Waals surface area contributed by atoms with Crippen LogP contribution in [0.4, 0.5) is 0 Å². The first-order valence-electron chi connectivity index (χ1n) is 4.73. The van der Waals surface area contributed by atoms with Crippen molar-refractivity contribution in [3.63, 3.8) is 0 Å². The van der Waals surface area contributed by atoms with Crippen LogP contribution in [0.1, 0.15) is 5.56 Å². The summed E-state index contributed by atoms with van der Waals surface area (Å²) in [4.78, 5) is 0. The summed E-state index contributed by atoms with van der Waals surface area (Å²) in [6.45, 7) is 1.88. The van der Waals surface area contributed by atoms with Crippen LogP contribution in [0.2, 0.25) is 10.0 Å². The molecule has 0 amide bonds. The van der Waals surface area contributed by atoms with Gasteiger partial charge in [0.05, 0.1) is 10.0 Å². The van der Waals surface area contributed by atoms with Gasteiger partial charge in [-0.3, -0.25) is 0 Å². The van der Waals surface area contributed by atoms with E-state index in [1.807, 2.05) is 12.1 Å². The Morgan fingerprint density at radius 2 is 2.00 bits per heavy atom. The lowest BCUT2D eigenvalue weighted by molar-refractivity contribution is 0.582. The Labute approximate surface area is 99.7 Å². The third-order valence-corrected chi connectivity index (χ3v) is 2.76. The lowest BCUT2D eigenvalue weighted by Gasteiger charge is -2.10. The van der Waals surface area contributed by atoms with Crippen LogP contribution in [0, 0.1) is 0 Å². The first-order chi connectivity index (χ1) is 7.13. The molecule has 1 atom stereocenters. The molecule has 1 unspecified atom stereocenters. The van der Waals surface area contributed by atoms with Crippen molar-refractivity contribution in [1.29, 1.82) is 0 Å². The van der Waals surface area contributed by atoms with Gasteiger partial charge in [0.15, 0.2) is 0 Å². The van der Waals surface area contributed by atoms with Gasteiger partial charge in [-0.15, -0.1) is 0 Å². The summed E-state index contributed by atoms with van der Waals surface area (Å²) < 4.78 is 0. The highest BCUT2D eigenvalue weighted by atomic mass is 35.5. The lowest BCUT2D eigenvalue weighted by Crippen LogP contribution is -2.39. The van der Waals surface area contributed by atoms with Crippen molar-refractivity contribution < 1.29 is 0 Å². The Kier molecular flexibility index (Phi) is 5.36. The average Bonchev–Trinajstić information content (AvgIpc) is 2.23. The third-order valence-electron chi connectivity index (χ3n) is 2.02. The SMILES string of the molecule is NCC(N)CNCc1ccc(Cl)c(Cl)c1. The molecule has 0 aliphatic heterocycles. The Balaban J connectivity index is 2.41. The number of nitrogens with two attached hydrogens (primary N) is 2. The topological polar surface area (TPSA) is 64.1 Å². The van der Waals surface area contributed by atoms with Gasteiger partial charge in [0.2, 0.25) is 0 Å². The monoisotopic (exact) mass is 247 g/mol. The zero-order valence-corrected chi connectivity index (χ0v) is 9.85. The molecule has 84 valence electrons. The number of nitrogens with one attached hydrogen (secondary N) is 1. The van der Waals surface area contributed by atoms with Crippen molar-refractivity contribution in [2.75, 3.05) is 13.1 Å². The van der Waals surface area contributed by atoms with E-state index < -0.39 is 0 Å². The van der Waals surface area contributed by atoms with Gasteiger partial charge < -0.3 is 16.8 Å². The Morgan fingerprint density at radius 1 is 1.27 bits per heavy atom. The van der Waals surface area contributed by atoms with Crippen molar-refractivity contribution in [2.24, 2.45) is 11.5 Å². The van der Waals surface area contributed by atoms with Crippen molar-refractivity contribution in [1.82, 2.24) is 5.32 Å². The molecule has 15 heavy (non-hydrogen) atoms. The maximum atomic E-state index is 5.88. The van der Waals surface area contributed by atoms with E-state index in [1.165, 1.54) is 0 Å². The van der Waals surface area contributed by atoms with Crippen LogP contribution in [0.25, 0.3) is 0 Å². The molecule has 1 aromatic rings. The minimum absolute atomic E-state index is 0.00669. The van der Waals surface area contributed by atoms with Crippen LogP contribution in [0.3, 0.4) is 0 Å². The van der Waals surface area contributed by atoms with E-state index in [2.05, 4.69) is 5.32 Å². The fourth-order valence-corrected chi connectivity index (χ4v) is 1.46. The summed E-state index contributed by atoms with van der Waals surface area (Å²) in [6.07, 6.45) is 0. The smallest absolute Gasteiger partial charge is 0.0595 e. The lowest BCUT2D eigenvalue weighted by atomic mass is 10.2. The largest absolute Gasteiger partial charge is 0.329 e. The van der Waals surface area contributed by atoms with Crippen molar-refractivity contribution in [2.45, 2.75) is 12.6 Å². The number of hydrogen-bond donors (Lipinski definition) is 3. The molecule has 0 fully saturated rings. The molecule has 0 spiro atoms. The molecule has 1 rings (SSSR count). The number of halogens is 2. The fourth-order valence-electron chi connectivity index (χ4n) is 1.13. The van der Waals surface area contributed by atoms with Gasteiger partial charge >= 0.3 is 0 Å². The van der Waals surface area contributed by atoms with E-state index >= 15 is 0 Å². The predicted molar refractivity (Wildman–Crippen MR) is 65.2 cm³/mol. The number of rotatable bonds is 5. The number of benzene rings is 1. The molecule has 0 radical (unpaired) electrons. The van der Waals surface area contributed by atoms with E-state index in [0.29, 0.717) is 29.7 Å². The van der Waals surface area contributed by atoms with Crippen molar-refractivity contribution in [3.05, 3.63) is 33.8 Å². The van der Waals surface area contributed by atoms with Gasteiger partial charge in [0.1, 0.15) is 0 Å². The first kappa shape index (κ1) is 12.7. The Bertz CT molecular complexity index is 318. The second-order valence-corrected chi connectivity index (χ2v) is 4.19. The molecule has 3 nitrogen and oxygen atoms in total. The number of hydrogen-bond acceptors (Lipinski definition) is 3.